The van der Waals surface area contributed by atoms with Crippen molar-refractivity contribution >= 4 is 11.9 Å². The topological polar surface area (TPSA) is 101 Å². The number of ether oxygens (including phenoxy) is 3. The van der Waals surface area contributed by atoms with E-state index in [1.165, 1.54) is 238 Å². The molecule has 0 aromatic rings. The maximum absolute atomic E-state index is 12.6. The van der Waals surface area contributed by atoms with Crippen LogP contribution in [-0.4, -0.2) is 102 Å². The van der Waals surface area contributed by atoms with Crippen LogP contribution in [0.4, 0.5) is 0 Å². The molecule has 0 fully saturated rings. The van der Waals surface area contributed by atoms with Gasteiger partial charge in [0.1, 0.15) is 0 Å². The SMILES string of the molecule is CCCCCCCCCCCCCCCOCCCCN(CCCC(=O)OCCCCCCCCCCCCCCC)CCNCCNCCNCCCC(=O)OCCCCCCCCCCCCCCC. The molecule has 0 aliphatic rings. The number of esters is 2. The van der Waals surface area contributed by atoms with Crippen molar-refractivity contribution in [3.8, 4) is 0 Å². The molecule has 0 aromatic heterocycles. The molecule has 0 radical (unpaired) electrons. The summed E-state index contributed by atoms with van der Waals surface area (Å²) in [5.41, 5.74) is 0. The van der Waals surface area contributed by atoms with Crippen molar-refractivity contribution in [2.45, 2.75) is 310 Å². The monoisotopic (exact) mass is 1020 g/mol. The fourth-order valence-corrected chi connectivity index (χ4v) is 9.73. The van der Waals surface area contributed by atoms with Crippen LogP contribution in [0.2, 0.25) is 0 Å². The van der Waals surface area contributed by atoms with Gasteiger partial charge in [-0.25, -0.2) is 0 Å². The molecule has 0 aliphatic heterocycles. The van der Waals surface area contributed by atoms with E-state index in [9.17, 15) is 9.59 Å². The summed E-state index contributed by atoms with van der Waals surface area (Å²) in [5, 5.41) is 10.6. The maximum atomic E-state index is 12.6. The molecule has 9 nitrogen and oxygen atoms in total. The Balaban J connectivity index is 4.07. The van der Waals surface area contributed by atoms with Crippen LogP contribution in [0.15, 0.2) is 0 Å². The first-order valence-corrected chi connectivity index (χ1v) is 32.4. The van der Waals surface area contributed by atoms with Crippen LogP contribution in [0, 0.1) is 0 Å². The fourth-order valence-electron chi connectivity index (χ4n) is 9.73. The molecule has 0 spiro atoms. The maximum Gasteiger partial charge on any atom is 0.305 e. The Hall–Kier alpha value is -1.26. The minimum absolute atomic E-state index is 0.0351. The van der Waals surface area contributed by atoms with Gasteiger partial charge in [0, 0.05) is 65.3 Å². The summed E-state index contributed by atoms with van der Waals surface area (Å²) in [4.78, 5) is 27.2. The van der Waals surface area contributed by atoms with E-state index in [2.05, 4.69) is 41.6 Å². The number of unbranched alkanes of at least 4 members (excludes halogenated alkanes) is 37. The van der Waals surface area contributed by atoms with Gasteiger partial charge in [0.15, 0.2) is 0 Å². The summed E-state index contributed by atoms with van der Waals surface area (Å²) in [5.74, 6) is -0.0899. The van der Waals surface area contributed by atoms with E-state index in [0.29, 0.717) is 26.1 Å². The zero-order valence-corrected chi connectivity index (χ0v) is 49.0. The third-order valence-electron chi connectivity index (χ3n) is 14.6. The number of carbonyl (C=O) groups is 2. The number of hydrogen-bond donors (Lipinski definition) is 3. The normalized spacial score (nSPS) is 11.6. The van der Waals surface area contributed by atoms with Crippen LogP contribution in [-0.2, 0) is 23.8 Å². The number of nitrogens with one attached hydrogen (secondary N) is 3. The molecule has 0 aromatic carbocycles. The lowest BCUT2D eigenvalue weighted by molar-refractivity contribution is -0.144. The second kappa shape index (κ2) is 64.0. The molecule has 0 bridgehead atoms. The van der Waals surface area contributed by atoms with Gasteiger partial charge >= 0.3 is 11.9 Å². The van der Waals surface area contributed by atoms with Crippen molar-refractivity contribution < 1.29 is 23.8 Å². The summed E-state index contributed by atoms with van der Waals surface area (Å²) in [6, 6.07) is 0. The van der Waals surface area contributed by atoms with Crippen molar-refractivity contribution in [1.29, 1.82) is 0 Å². The smallest absolute Gasteiger partial charge is 0.305 e. The second-order valence-electron chi connectivity index (χ2n) is 21.8. The third-order valence-corrected chi connectivity index (χ3v) is 14.6. The molecule has 0 atom stereocenters. The van der Waals surface area contributed by atoms with Crippen molar-refractivity contribution in [3.05, 3.63) is 0 Å². The molecule has 430 valence electrons. The van der Waals surface area contributed by atoms with Crippen LogP contribution >= 0.6 is 0 Å². The van der Waals surface area contributed by atoms with E-state index in [0.717, 1.165) is 111 Å². The number of hydrogen-bond acceptors (Lipinski definition) is 9. The van der Waals surface area contributed by atoms with Gasteiger partial charge in [0.05, 0.1) is 13.2 Å². The van der Waals surface area contributed by atoms with Crippen molar-refractivity contribution in [1.82, 2.24) is 20.9 Å². The lowest BCUT2D eigenvalue weighted by Crippen LogP contribution is -2.37. The van der Waals surface area contributed by atoms with Crippen LogP contribution in [0.5, 0.6) is 0 Å². The minimum Gasteiger partial charge on any atom is -0.466 e. The van der Waals surface area contributed by atoms with E-state index in [4.69, 9.17) is 14.2 Å². The van der Waals surface area contributed by atoms with E-state index in [1.807, 2.05) is 0 Å². The first-order chi connectivity index (χ1) is 35.6. The zero-order chi connectivity index (χ0) is 52.0. The second-order valence-corrected chi connectivity index (χ2v) is 21.8. The van der Waals surface area contributed by atoms with Crippen molar-refractivity contribution in [2.24, 2.45) is 0 Å². The van der Waals surface area contributed by atoms with Gasteiger partial charge in [-0.1, -0.05) is 252 Å². The Morgan fingerprint density at radius 1 is 0.278 bits per heavy atom. The highest BCUT2D eigenvalue weighted by Crippen LogP contribution is 2.16. The highest BCUT2D eigenvalue weighted by Gasteiger charge is 2.09. The highest BCUT2D eigenvalue weighted by molar-refractivity contribution is 5.69. The predicted molar refractivity (Wildman–Crippen MR) is 313 cm³/mol. The number of carbonyl (C=O) groups excluding carboxylic acids is 2. The van der Waals surface area contributed by atoms with Crippen LogP contribution < -0.4 is 16.0 Å². The molecule has 0 saturated carbocycles. The quantitative estimate of drug-likeness (QED) is 0.0406. The lowest BCUT2D eigenvalue weighted by atomic mass is 10.0. The van der Waals surface area contributed by atoms with E-state index < -0.39 is 0 Å². The Morgan fingerprint density at radius 3 is 0.931 bits per heavy atom. The largest absolute Gasteiger partial charge is 0.466 e. The molecule has 0 heterocycles. The summed E-state index contributed by atoms with van der Waals surface area (Å²) in [6.45, 7) is 18.1. The molecule has 0 saturated heterocycles. The Morgan fingerprint density at radius 2 is 0.556 bits per heavy atom. The highest BCUT2D eigenvalue weighted by atomic mass is 16.5. The molecule has 9 heteroatoms. The van der Waals surface area contributed by atoms with E-state index in [-0.39, 0.29) is 11.9 Å². The Labute approximate surface area is 449 Å². The molecule has 3 N–H and O–H groups in total. The Bertz CT molecular complexity index is 1040. The van der Waals surface area contributed by atoms with Gasteiger partial charge < -0.3 is 35.1 Å². The van der Waals surface area contributed by atoms with Gasteiger partial charge in [0.2, 0.25) is 0 Å². The Kier molecular flexibility index (Phi) is 62.9. The third kappa shape index (κ3) is 61.3. The first kappa shape index (κ1) is 70.7. The van der Waals surface area contributed by atoms with Crippen LogP contribution in [0.25, 0.3) is 0 Å². The summed E-state index contributed by atoms with van der Waals surface area (Å²) >= 11 is 0. The lowest BCUT2D eigenvalue weighted by Gasteiger charge is -2.22. The number of nitrogens with zero attached hydrogens (tertiary/aromatic N) is 1. The standard InChI is InChI=1S/C63H128N4O5/c1-4-7-10-13-16-19-22-25-28-31-34-37-41-58-70-59-44-40-55-67(56-46-48-63(69)72-61-43-39-36-33-30-27-24-21-18-15-12-9-6-3)57-54-66-53-52-65-51-50-64-49-45-47-62(68)71-60-42-38-35-32-29-26-23-20-17-14-11-8-5-2/h64-66H,4-61H2,1-3H3. The summed E-state index contributed by atoms with van der Waals surface area (Å²) in [7, 11) is 0. The minimum atomic E-state index is -0.0548. The number of rotatable bonds is 64. The van der Waals surface area contributed by atoms with Gasteiger partial charge in [-0.15, -0.1) is 0 Å². The first-order valence-electron chi connectivity index (χ1n) is 32.4. The van der Waals surface area contributed by atoms with Gasteiger partial charge in [-0.2, -0.15) is 0 Å². The molecule has 0 unspecified atom stereocenters. The predicted octanol–water partition coefficient (Wildman–Crippen LogP) is 16.8. The van der Waals surface area contributed by atoms with E-state index in [1.54, 1.807) is 0 Å². The average molecular weight is 1020 g/mol. The summed E-state index contributed by atoms with van der Waals surface area (Å²) < 4.78 is 17.1. The fraction of sp³-hybridized carbons (Fsp3) is 0.968. The zero-order valence-electron chi connectivity index (χ0n) is 49.0. The van der Waals surface area contributed by atoms with E-state index >= 15 is 0 Å². The molecule has 72 heavy (non-hydrogen) atoms. The summed E-state index contributed by atoms with van der Waals surface area (Å²) in [6.07, 6.45) is 57.3. The van der Waals surface area contributed by atoms with Crippen LogP contribution in [0.3, 0.4) is 0 Å². The molecular formula is C63H128N4O5. The molecule has 0 rings (SSSR count). The van der Waals surface area contributed by atoms with Gasteiger partial charge in [-0.3, -0.25) is 9.59 Å². The van der Waals surface area contributed by atoms with Crippen molar-refractivity contribution in [3.63, 3.8) is 0 Å². The molecular weight excluding hydrogens is 893 g/mol. The van der Waals surface area contributed by atoms with Gasteiger partial charge in [0.25, 0.3) is 0 Å². The van der Waals surface area contributed by atoms with Crippen LogP contribution in [0.1, 0.15) is 310 Å². The van der Waals surface area contributed by atoms with Crippen molar-refractivity contribution in [2.75, 3.05) is 85.3 Å². The molecule has 0 aliphatic carbocycles. The molecule has 0 amide bonds. The van der Waals surface area contributed by atoms with Gasteiger partial charge in [-0.05, 0) is 64.6 Å². The average Bonchev–Trinajstić information content (AvgIpc) is 3.38.